The Labute approximate surface area is 65.6 Å². The van der Waals surface area contributed by atoms with Crippen LogP contribution in [0.4, 0.5) is 12.3 Å². The van der Waals surface area contributed by atoms with Crippen molar-refractivity contribution >= 4 is 9.08 Å². The molecule has 0 nitrogen and oxygen atoms in total. The van der Waals surface area contributed by atoms with Gasteiger partial charge in [-0.25, -0.2) is 12.3 Å². The van der Waals surface area contributed by atoms with Gasteiger partial charge in [0, 0.05) is 0 Å². The predicted molar refractivity (Wildman–Crippen MR) is 40.4 cm³/mol. The average Bonchev–Trinajstić information content (AvgIpc) is 1.86. The van der Waals surface area contributed by atoms with Crippen LogP contribution in [-0.4, -0.2) is 9.08 Å². The van der Waals surface area contributed by atoms with Crippen LogP contribution < -0.4 is 0 Å². The molecule has 0 fully saturated rings. The van der Waals surface area contributed by atoms with Gasteiger partial charge in [0.25, 0.3) is 0 Å². The van der Waals surface area contributed by atoms with Crippen LogP contribution in [0.5, 0.6) is 0 Å². The smallest absolute Gasteiger partial charge is 0.237 e. The molecule has 0 saturated heterocycles. The van der Waals surface area contributed by atoms with E-state index in [0.717, 1.165) is 12.0 Å². The van der Waals surface area contributed by atoms with Gasteiger partial charge in [0.15, 0.2) is 0 Å². The first-order valence-electron chi connectivity index (χ1n) is 3.74. The highest BCUT2D eigenvalue weighted by molar-refractivity contribution is 6.60. The van der Waals surface area contributed by atoms with Crippen molar-refractivity contribution in [3.63, 3.8) is 0 Å². The second kappa shape index (κ2) is 3.01. The van der Waals surface area contributed by atoms with Crippen molar-refractivity contribution in [2.24, 2.45) is 0 Å². The van der Waals surface area contributed by atoms with Crippen LogP contribution in [0.15, 0.2) is 11.6 Å². The summed E-state index contributed by atoms with van der Waals surface area (Å²) in [5, 5.41) is 0. The monoisotopic (exact) mass is 180 g/mol. The quantitative estimate of drug-likeness (QED) is 0.330. The van der Waals surface area contributed by atoms with Gasteiger partial charge in [0.05, 0.1) is 5.54 Å². The number of hydrogen-bond acceptors (Lipinski definition) is 0. The number of halogens is 3. The van der Waals surface area contributed by atoms with Crippen molar-refractivity contribution in [3.05, 3.63) is 11.6 Å². The highest BCUT2D eigenvalue weighted by atomic mass is 28.5. The standard InChI is InChI=1S/C7H11F3Si/c1-6-3-2-4-7(5-6)11(8,9)10/h5,7H,2-4H2,1H3. The summed E-state index contributed by atoms with van der Waals surface area (Å²) in [5.74, 6) is 0. The summed E-state index contributed by atoms with van der Waals surface area (Å²) < 4.78 is 36.6. The summed E-state index contributed by atoms with van der Waals surface area (Å²) in [6.45, 7) is 1.78. The number of rotatable bonds is 1. The summed E-state index contributed by atoms with van der Waals surface area (Å²) in [4.78, 5) is 0. The molecule has 0 amide bonds. The summed E-state index contributed by atoms with van der Waals surface area (Å²) in [6.07, 6.45) is 3.29. The van der Waals surface area contributed by atoms with E-state index in [1.54, 1.807) is 6.92 Å². The molecule has 1 unspecified atom stereocenters. The van der Waals surface area contributed by atoms with Crippen LogP contribution in [-0.2, 0) is 0 Å². The SMILES string of the molecule is CC1=CC([Si](F)(F)F)CCC1. The molecule has 0 aromatic carbocycles. The fraction of sp³-hybridized carbons (Fsp3) is 0.714. The molecule has 11 heavy (non-hydrogen) atoms. The average molecular weight is 180 g/mol. The van der Waals surface area contributed by atoms with Gasteiger partial charge in [-0.2, -0.15) is 0 Å². The Kier molecular flexibility index (Phi) is 2.42. The molecule has 0 radical (unpaired) electrons. The van der Waals surface area contributed by atoms with E-state index in [4.69, 9.17) is 0 Å². The van der Waals surface area contributed by atoms with Crippen molar-refractivity contribution in [3.8, 4) is 0 Å². The van der Waals surface area contributed by atoms with Gasteiger partial charge in [0.1, 0.15) is 0 Å². The molecule has 0 saturated carbocycles. The Bertz CT molecular complexity index is 171. The zero-order chi connectivity index (χ0) is 8.48. The Morgan fingerprint density at radius 3 is 2.45 bits per heavy atom. The van der Waals surface area contributed by atoms with Gasteiger partial charge >= 0.3 is 9.08 Å². The fourth-order valence-corrected chi connectivity index (χ4v) is 2.37. The topological polar surface area (TPSA) is 0 Å². The lowest BCUT2D eigenvalue weighted by molar-refractivity contribution is 0.434. The molecule has 0 heterocycles. The second-order valence-corrected chi connectivity index (χ2v) is 4.88. The minimum Gasteiger partial charge on any atom is -0.237 e. The molecular formula is C7H11F3Si. The maximum Gasteiger partial charge on any atom is 0.623 e. The molecule has 64 valence electrons. The first-order valence-corrected chi connectivity index (χ1v) is 5.45. The van der Waals surface area contributed by atoms with Gasteiger partial charge < -0.3 is 0 Å². The summed E-state index contributed by atoms with van der Waals surface area (Å²) >= 11 is 0. The highest BCUT2D eigenvalue weighted by Gasteiger charge is 2.46. The van der Waals surface area contributed by atoms with E-state index in [9.17, 15) is 12.3 Å². The van der Waals surface area contributed by atoms with Crippen molar-refractivity contribution in [1.29, 1.82) is 0 Å². The van der Waals surface area contributed by atoms with E-state index in [1.165, 1.54) is 6.08 Å². The van der Waals surface area contributed by atoms with Crippen molar-refractivity contribution in [2.45, 2.75) is 31.7 Å². The molecular weight excluding hydrogens is 169 g/mol. The zero-order valence-corrected chi connectivity index (χ0v) is 7.41. The Morgan fingerprint density at radius 1 is 1.45 bits per heavy atom. The summed E-state index contributed by atoms with van der Waals surface area (Å²) in [7, 11) is -5.37. The van der Waals surface area contributed by atoms with Crippen molar-refractivity contribution in [1.82, 2.24) is 0 Å². The van der Waals surface area contributed by atoms with Gasteiger partial charge in [-0.1, -0.05) is 11.6 Å². The van der Waals surface area contributed by atoms with Crippen molar-refractivity contribution < 1.29 is 12.3 Å². The Balaban J connectivity index is 2.67. The molecule has 1 atom stereocenters. The molecule has 0 aromatic heterocycles. The third-order valence-electron chi connectivity index (χ3n) is 1.99. The van der Waals surface area contributed by atoms with E-state index < -0.39 is 14.6 Å². The van der Waals surface area contributed by atoms with Crippen LogP contribution in [0.3, 0.4) is 0 Å². The number of hydrogen-bond donors (Lipinski definition) is 0. The van der Waals surface area contributed by atoms with Crippen LogP contribution in [0.25, 0.3) is 0 Å². The minimum atomic E-state index is -5.37. The first-order chi connectivity index (χ1) is 5.00. The lowest BCUT2D eigenvalue weighted by Gasteiger charge is -2.19. The third kappa shape index (κ3) is 2.36. The van der Waals surface area contributed by atoms with Gasteiger partial charge in [-0.05, 0) is 26.2 Å². The van der Waals surface area contributed by atoms with E-state index in [1.807, 2.05) is 0 Å². The van der Waals surface area contributed by atoms with Gasteiger partial charge in [-0.15, -0.1) is 0 Å². The van der Waals surface area contributed by atoms with Crippen molar-refractivity contribution in [2.75, 3.05) is 0 Å². The summed E-state index contributed by atoms with van der Waals surface area (Å²) in [6, 6.07) is 0. The first kappa shape index (κ1) is 8.84. The fourth-order valence-electron chi connectivity index (χ4n) is 1.37. The summed E-state index contributed by atoms with van der Waals surface area (Å²) in [5.41, 5.74) is -0.137. The third-order valence-corrected chi connectivity index (χ3v) is 3.29. The van der Waals surface area contributed by atoms with E-state index >= 15 is 0 Å². The molecule has 1 aliphatic rings. The largest absolute Gasteiger partial charge is 0.623 e. The highest BCUT2D eigenvalue weighted by Crippen LogP contribution is 2.37. The van der Waals surface area contributed by atoms with Crippen LogP contribution >= 0.6 is 0 Å². The Hall–Kier alpha value is -0.253. The predicted octanol–water partition coefficient (Wildman–Crippen LogP) is 3.33. The second-order valence-electron chi connectivity index (χ2n) is 3.05. The van der Waals surface area contributed by atoms with E-state index in [0.29, 0.717) is 12.8 Å². The number of allylic oxidation sites excluding steroid dienone is 2. The minimum absolute atomic E-state index is 0.326. The maximum atomic E-state index is 12.2. The molecule has 4 heteroatoms. The normalized spacial score (nSPS) is 26.5. The molecule has 0 bridgehead atoms. The maximum absolute atomic E-state index is 12.2. The molecule has 0 spiro atoms. The lowest BCUT2D eigenvalue weighted by atomic mass is 10.0. The molecule has 1 aliphatic carbocycles. The van der Waals surface area contributed by atoms with Crippen LogP contribution in [0.2, 0.25) is 5.54 Å². The molecule has 0 N–H and O–H groups in total. The Morgan fingerprint density at radius 2 is 2.09 bits per heavy atom. The zero-order valence-electron chi connectivity index (χ0n) is 6.41. The van der Waals surface area contributed by atoms with E-state index in [2.05, 4.69) is 0 Å². The van der Waals surface area contributed by atoms with Gasteiger partial charge in [-0.3, -0.25) is 0 Å². The molecule has 1 rings (SSSR count). The lowest BCUT2D eigenvalue weighted by Crippen LogP contribution is -2.24. The molecule has 0 aromatic rings. The van der Waals surface area contributed by atoms with Crippen LogP contribution in [0.1, 0.15) is 26.2 Å². The van der Waals surface area contributed by atoms with Crippen LogP contribution in [0, 0.1) is 0 Å². The molecule has 0 aliphatic heterocycles. The van der Waals surface area contributed by atoms with E-state index in [-0.39, 0.29) is 0 Å². The van der Waals surface area contributed by atoms with Gasteiger partial charge in [0.2, 0.25) is 0 Å².